The fraction of sp³-hybridized carbons (Fsp3) is 0.400. The van der Waals surface area contributed by atoms with Crippen molar-refractivity contribution >= 4 is 30.7 Å². The van der Waals surface area contributed by atoms with Gasteiger partial charge in [-0.25, -0.2) is 0 Å². The van der Waals surface area contributed by atoms with Gasteiger partial charge in [-0.05, 0) is 48.1 Å². The van der Waals surface area contributed by atoms with Crippen molar-refractivity contribution in [3.8, 4) is 0 Å². The molecule has 0 saturated carbocycles. The smallest absolute Gasteiger partial charge is 0.220 e. The number of carbonyl (C=O) groups excluding carboxylic acids is 1. The summed E-state index contributed by atoms with van der Waals surface area (Å²) in [6.45, 7) is 6.55. The number of hydrogen-bond acceptors (Lipinski definition) is 3. The van der Waals surface area contributed by atoms with E-state index in [9.17, 15) is 4.79 Å². The Labute approximate surface area is 168 Å². The summed E-state index contributed by atoms with van der Waals surface area (Å²) in [5.74, 6) is 0.316. The Morgan fingerprint density at radius 1 is 1.27 bits per heavy atom. The molecule has 0 fully saturated rings. The largest absolute Gasteiger partial charge is 0.352 e. The van der Waals surface area contributed by atoms with Gasteiger partial charge in [0.2, 0.25) is 5.91 Å². The molecule has 2 aromatic rings. The predicted octanol–water partition coefficient (Wildman–Crippen LogP) is 3.69. The third-order valence-electron chi connectivity index (χ3n) is 4.79. The van der Waals surface area contributed by atoms with Crippen molar-refractivity contribution in [1.29, 1.82) is 0 Å². The molecule has 2 heterocycles. The normalized spacial score (nSPS) is 13.6. The van der Waals surface area contributed by atoms with Crippen LogP contribution in [-0.4, -0.2) is 17.4 Å². The Morgan fingerprint density at radius 2 is 2.00 bits per heavy atom. The summed E-state index contributed by atoms with van der Waals surface area (Å²) in [5, 5.41) is 6.46. The van der Waals surface area contributed by atoms with Crippen LogP contribution >= 0.6 is 24.8 Å². The minimum atomic E-state index is 0. The molecule has 1 unspecified atom stereocenters. The van der Waals surface area contributed by atoms with Crippen LogP contribution in [0.15, 0.2) is 36.5 Å². The summed E-state index contributed by atoms with van der Waals surface area (Å²) in [6.07, 6.45) is 3.47. The van der Waals surface area contributed by atoms with Crippen LogP contribution in [0.5, 0.6) is 0 Å². The number of halogens is 2. The monoisotopic (exact) mass is 395 g/mol. The van der Waals surface area contributed by atoms with Gasteiger partial charge in [0.05, 0.1) is 0 Å². The van der Waals surface area contributed by atoms with Gasteiger partial charge in [-0.3, -0.25) is 9.78 Å². The second kappa shape index (κ2) is 10.5. The number of aromatic nitrogens is 1. The molecular weight excluding hydrogens is 369 g/mol. The highest BCUT2D eigenvalue weighted by molar-refractivity contribution is 5.85. The molecule has 1 aromatic heterocycles. The van der Waals surface area contributed by atoms with Gasteiger partial charge in [-0.15, -0.1) is 24.8 Å². The highest BCUT2D eigenvalue weighted by Gasteiger charge is 2.17. The zero-order valence-electron chi connectivity index (χ0n) is 15.2. The molecule has 1 aliphatic rings. The lowest BCUT2D eigenvalue weighted by molar-refractivity contribution is -0.121. The maximum Gasteiger partial charge on any atom is 0.220 e. The molecule has 3 rings (SSSR count). The van der Waals surface area contributed by atoms with Crippen LogP contribution in [0.1, 0.15) is 47.2 Å². The molecule has 142 valence electrons. The number of nitrogens with one attached hydrogen (secondary N) is 2. The number of carbonyl (C=O) groups is 1. The molecule has 0 bridgehead atoms. The van der Waals surface area contributed by atoms with Gasteiger partial charge in [-0.2, -0.15) is 0 Å². The number of aryl methyl sites for hydroxylation is 1. The van der Waals surface area contributed by atoms with Crippen LogP contribution in [0.25, 0.3) is 0 Å². The lowest BCUT2D eigenvalue weighted by atomic mass is 9.95. The van der Waals surface area contributed by atoms with Crippen molar-refractivity contribution in [2.24, 2.45) is 0 Å². The molecule has 1 aromatic carbocycles. The molecule has 1 atom stereocenters. The minimum absolute atomic E-state index is 0. The maximum absolute atomic E-state index is 12.3. The van der Waals surface area contributed by atoms with E-state index in [0.29, 0.717) is 13.0 Å². The van der Waals surface area contributed by atoms with Gasteiger partial charge in [0.25, 0.3) is 0 Å². The molecular formula is C20H27Cl2N3O. The Morgan fingerprint density at radius 3 is 2.73 bits per heavy atom. The molecule has 0 spiro atoms. The van der Waals surface area contributed by atoms with Crippen molar-refractivity contribution < 1.29 is 4.79 Å². The molecule has 0 radical (unpaired) electrons. The van der Waals surface area contributed by atoms with Crippen molar-refractivity contribution in [3.05, 3.63) is 64.5 Å². The molecule has 1 aliphatic heterocycles. The van der Waals surface area contributed by atoms with Crippen molar-refractivity contribution in [3.63, 3.8) is 0 Å². The van der Waals surface area contributed by atoms with Gasteiger partial charge in [0.1, 0.15) is 0 Å². The molecule has 1 amide bonds. The standard InChI is InChI=1S/C20H25N3O.2ClH/c1-14(16-6-4-3-5-7-16)10-20(24)23-13-19-15(2)22-12-17-11-21-9-8-18(17)19;;/h3-7,12,14,21H,8-11,13H2,1-2H3,(H,23,24);2*1H. The quantitative estimate of drug-likeness (QED) is 0.811. The SMILES string of the molecule is Cc1ncc2c(c1CNC(=O)CC(C)c1ccccc1)CCNC2.Cl.Cl. The van der Waals surface area contributed by atoms with Crippen molar-refractivity contribution in [2.45, 2.75) is 45.7 Å². The van der Waals surface area contributed by atoms with Gasteiger partial charge >= 0.3 is 0 Å². The van der Waals surface area contributed by atoms with E-state index in [-0.39, 0.29) is 36.6 Å². The van der Waals surface area contributed by atoms with E-state index in [2.05, 4.69) is 34.7 Å². The number of rotatable bonds is 5. The number of pyridine rings is 1. The molecule has 4 nitrogen and oxygen atoms in total. The number of amides is 1. The van der Waals surface area contributed by atoms with Crippen molar-refractivity contribution in [2.75, 3.05) is 6.54 Å². The van der Waals surface area contributed by atoms with Gasteiger partial charge in [-0.1, -0.05) is 37.3 Å². The number of benzene rings is 1. The van der Waals surface area contributed by atoms with Gasteiger partial charge < -0.3 is 10.6 Å². The fourth-order valence-electron chi connectivity index (χ4n) is 3.31. The zero-order valence-corrected chi connectivity index (χ0v) is 16.9. The fourth-order valence-corrected chi connectivity index (χ4v) is 3.31. The lowest BCUT2D eigenvalue weighted by Gasteiger charge is -2.22. The summed E-state index contributed by atoms with van der Waals surface area (Å²) in [6, 6.07) is 10.2. The van der Waals surface area contributed by atoms with Crippen LogP contribution in [0.4, 0.5) is 0 Å². The summed E-state index contributed by atoms with van der Waals surface area (Å²) in [7, 11) is 0. The van der Waals surface area contributed by atoms with Crippen LogP contribution in [0, 0.1) is 6.92 Å². The first-order chi connectivity index (χ1) is 11.6. The molecule has 0 aliphatic carbocycles. The number of fused-ring (bicyclic) bond motifs is 1. The second-order valence-corrected chi connectivity index (χ2v) is 6.55. The van der Waals surface area contributed by atoms with E-state index in [4.69, 9.17) is 0 Å². The highest BCUT2D eigenvalue weighted by Crippen LogP contribution is 2.21. The highest BCUT2D eigenvalue weighted by atomic mass is 35.5. The number of nitrogens with zero attached hydrogens (tertiary/aromatic N) is 1. The zero-order chi connectivity index (χ0) is 16.9. The third-order valence-corrected chi connectivity index (χ3v) is 4.79. The van der Waals surface area contributed by atoms with Crippen LogP contribution < -0.4 is 10.6 Å². The summed E-state index contributed by atoms with van der Waals surface area (Å²) in [5.41, 5.74) is 6.03. The van der Waals surface area contributed by atoms with E-state index >= 15 is 0 Å². The minimum Gasteiger partial charge on any atom is -0.352 e. The van der Waals surface area contributed by atoms with E-state index < -0.39 is 0 Å². The van der Waals surface area contributed by atoms with E-state index in [1.807, 2.05) is 31.3 Å². The number of hydrogen-bond donors (Lipinski definition) is 2. The Kier molecular flexibility index (Phi) is 9.06. The first kappa shape index (κ1) is 22.4. The Balaban J connectivity index is 0.00000169. The summed E-state index contributed by atoms with van der Waals surface area (Å²) in [4.78, 5) is 16.8. The molecule has 0 saturated heterocycles. The second-order valence-electron chi connectivity index (χ2n) is 6.55. The average molecular weight is 396 g/mol. The molecule has 2 N–H and O–H groups in total. The van der Waals surface area contributed by atoms with Crippen LogP contribution in [0.3, 0.4) is 0 Å². The predicted molar refractivity (Wildman–Crippen MR) is 110 cm³/mol. The Bertz CT molecular complexity index is 722. The van der Waals surface area contributed by atoms with Crippen molar-refractivity contribution in [1.82, 2.24) is 15.6 Å². The van der Waals surface area contributed by atoms with Gasteiger partial charge in [0.15, 0.2) is 0 Å². The topological polar surface area (TPSA) is 54.0 Å². The van der Waals surface area contributed by atoms with Gasteiger partial charge in [0, 0.05) is 31.4 Å². The lowest BCUT2D eigenvalue weighted by Crippen LogP contribution is -2.29. The average Bonchev–Trinajstić information content (AvgIpc) is 2.61. The van der Waals surface area contributed by atoms with E-state index in [1.165, 1.54) is 22.3 Å². The summed E-state index contributed by atoms with van der Waals surface area (Å²) >= 11 is 0. The van der Waals surface area contributed by atoms with Crippen LogP contribution in [-0.2, 0) is 24.3 Å². The van der Waals surface area contributed by atoms with Crippen LogP contribution in [0.2, 0.25) is 0 Å². The molecule has 6 heteroatoms. The summed E-state index contributed by atoms with van der Waals surface area (Å²) < 4.78 is 0. The first-order valence-corrected chi connectivity index (χ1v) is 8.63. The van der Waals surface area contributed by atoms with E-state index in [1.54, 1.807) is 0 Å². The Hall–Kier alpha value is -1.62. The van der Waals surface area contributed by atoms with E-state index in [0.717, 1.165) is 25.2 Å². The third kappa shape index (κ3) is 5.44. The molecule has 26 heavy (non-hydrogen) atoms. The first-order valence-electron chi connectivity index (χ1n) is 8.63. The maximum atomic E-state index is 12.3.